The third-order valence-corrected chi connectivity index (χ3v) is 5.24. The molecule has 2 heterocycles. The molecule has 1 aliphatic heterocycles. The van der Waals surface area contributed by atoms with Crippen LogP contribution in [-0.2, 0) is 17.8 Å². The standard InChI is InChI=1S/C21H22N4O4/c1-25-10-16-18(21(25)28)15(8-12(23-16)9-17(26)11-6-7-11)24-14-5-3-4-13(20(22)27)19(14)29-2/h3-5,8,11H,6-7,9-10H2,1-2H3,(H2,22,27)(H,23,24). The van der Waals surface area contributed by atoms with Gasteiger partial charge in [0.15, 0.2) is 5.75 Å². The highest BCUT2D eigenvalue weighted by molar-refractivity contribution is 6.04. The monoisotopic (exact) mass is 394 g/mol. The van der Waals surface area contributed by atoms with E-state index in [0.29, 0.717) is 40.6 Å². The van der Waals surface area contributed by atoms with Gasteiger partial charge in [0, 0.05) is 19.4 Å². The molecule has 2 aromatic rings. The maximum absolute atomic E-state index is 12.7. The molecule has 0 unspecified atom stereocenters. The van der Waals surface area contributed by atoms with Crippen LogP contribution >= 0.6 is 0 Å². The summed E-state index contributed by atoms with van der Waals surface area (Å²) in [5.74, 6) is -0.162. The number of hydrogen-bond acceptors (Lipinski definition) is 6. The Morgan fingerprint density at radius 3 is 2.72 bits per heavy atom. The minimum Gasteiger partial charge on any atom is -0.494 e. The Hall–Kier alpha value is -3.42. The van der Waals surface area contributed by atoms with Crippen LogP contribution in [0.1, 0.15) is 44.9 Å². The smallest absolute Gasteiger partial charge is 0.257 e. The number of ketones is 1. The van der Waals surface area contributed by atoms with Gasteiger partial charge >= 0.3 is 0 Å². The Morgan fingerprint density at radius 1 is 1.31 bits per heavy atom. The second kappa shape index (κ2) is 7.20. The molecule has 2 amide bonds. The second-order valence-electron chi connectivity index (χ2n) is 7.44. The SMILES string of the molecule is COc1c(Nc2cc(CC(=O)C3CC3)nc3c2C(=O)N(C)C3)cccc1C(N)=O. The maximum atomic E-state index is 12.7. The number of ether oxygens (including phenoxy) is 1. The number of fused-ring (bicyclic) bond motifs is 1. The van der Waals surface area contributed by atoms with Crippen molar-refractivity contribution in [2.45, 2.75) is 25.8 Å². The molecular formula is C21H22N4O4. The molecule has 150 valence electrons. The lowest BCUT2D eigenvalue weighted by Gasteiger charge is -2.16. The van der Waals surface area contributed by atoms with E-state index in [1.807, 2.05) is 0 Å². The van der Waals surface area contributed by atoms with Crippen LogP contribution < -0.4 is 15.8 Å². The Kier molecular flexibility index (Phi) is 4.70. The number of Topliss-reactive ketones (excluding diaryl/α,β-unsaturated/α-hetero) is 1. The number of nitrogens with one attached hydrogen (secondary N) is 1. The molecule has 1 aromatic heterocycles. The second-order valence-corrected chi connectivity index (χ2v) is 7.44. The summed E-state index contributed by atoms with van der Waals surface area (Å²) in [7, 11) is 3.15. The summed E-state index contributed by atoms with van der Waals surface area (Å²) in [6.45, 7) is 0.382. The number of amides is 2. The average molecular weight is 394 g/mol. The minimum atomic E-state index is -0.614. The van der Waals surface area contributed by atoms with Crippen molar-refractivity contribution in [2.24, 2.45) is 11.7 Å². The summed E-state index contributed by atoms with van der Waals surface area (Å²) in [5.41, 5.74) is 8.41. The zero-order valence-electron chi connectivity index (χ0n) is 16.3. The van der Waals surface area contributed by atoms with Gasteiger partial charge in [0.1, 0.15) is 5.78 Å². The molecule has 1 aliphatic carbocycles. The van der Waals surface area contributed by atoms with E-state index in [9.17, 15) is 14.4 Å². The Morgan fingerprint density at radius 2 is 2.07 bits per heavy atom. The molecule has 1 aromatic carbocycles. The van der Waals surface area contributed by atoms with Gasteiger partial charge in [-0.1, -0.05) is 6.07 Å². The van der Waals surface area contributed by atoms with Gasteiger partial charge in [0.25, 0.3) is 11.8 Å². The van der Waals surface area contributed by atoms with Gasteiger partial charge in [-0.25, -0.2) is 0 Å². The molecule has 8 nitrogen and oxygen atoms in total. The van der Waals surface area contributed by atoms with Crippen LogP contribution in [0.5, 0.6) is 5.75 Å². The molecule has 8 heteroatoms. The van der Waals surface area contributed by atoms with E-state index in [0.717, 1.165) is 12.8 Å². The number of primary amides is 1. The van der Waals surface area contributed by atoms with Crippen LogP contribution in [0.15, 0.2) is 24.3 Å². The van der Waals surface area contributed by atoms with E-state index in [1.165, 1.54) is 7.11 Å². The minimum absolute atomic E-state index is 0.137. The summed E-state index contributed by atoms with van der Waals surface area (Å²) in [4.78, 5) is 42.8. The van der Waals surface area contributed by atoms with Crippen LogP contribution in [0.3, 0.4) is 0 Å². The van der Waals surface area contributed by atoms with Gasteiger partial charge in [-0.15, -0.1) is 0 Å². The van der Waals surface area contributed by atoms with Crippen LogP contribution in [0.4, 0.5) is 11.4 Å². The molecule has 29 heavy (non-hydrogen) atoms. The highest BCUT2D eigenvalue weighted by atomic mass is 16.5. The Bertz CT molecular complexity index is 1030. The highest BCUT2D eigenvalue weighted by Gasteiger charge is 2.33. The number of anilines is 2. The number of nitrogens with two attached hydrogens (primary N) is 1. The molecule has 0 bridgehead atoms. The van der Waals surface area contributed by atoms with Crippen molar-refractivity contribution in [1.82, 2.24) is 9.88 Å². The predicted octanol–water partition coefficient (Wildman–Crippen LogP) is 2.04. The lowest BCUT2D eigenvalue weighted by atomic mass is 10.1. The first-order valence-electron chi connectivity index (χ1n) is 9.43. The first-order chi connectivity index (χ1) is 13.9. The largest absolute Gasteiger partial charge is 0.494 e. The van der Waals surface area contributed by atoms with E-state index in [4.69, 9.17) is 10.5 Å². The number of carbonyl (C=O) groups excluding carboxylic acids is 3. The molecular weight excluding hydrogens is 372 g/mol. The van der Waals surface area contributed by atoms with E-state index < -0.39 is 5.91 Å². The normalized spacial score (nSPS) is 15.2. The summed E-state index contributed by atoms with van der Waals surface area (Å²) < 4.78 is 5.38. The fourth-order valence-electron chi connectivity index (χ4n) is 3.61. The summed E-state index contributed by atoms with van der Waals surface area (Å²) in [6.07, 6.45) is 2.11. The lowest BCUT2D eigenvalue weighted by molar-refractivity contribution is -0.119. The summed E-state index contributed by atoms with van der Waals surface area (Å²) in [5, 5.41) is 3.20. The summed E-state index contributed by atoms with van der Waals surface area (Å²) in [6, 6.07) is 6.71. The topological polar surface area (TPSA) is 115 Å². The lowest BCUT2D eigenvalue weighted by Crippen LogP contribution is -2.18. The van der Waals surface area contributed by atoms with E-state index in [1.54, 1.807) is 36.2 Å². The fraction of sp³-hybridized carbons (Fsp3) is 0.333. The molecule has 1 fully saturated rings. The van der Waals surface area contributed by atoms with Crippen LogP contribution in [0.25, 0.3) is 0 Å². The molecule has 0 spiro atoms. The van der Waals surface area contributed by atoms with Crippen LogP contribution in [0.2, 0.25) is 0 Å². The number of rotatable bonds is 7. The molecule has 0 radical (unpaired) electrons. The Balaban J connectivity index is 1.76. The fourth-order valence-corrected chi connectivity index (χ4v) is 3.61. The Labute approximate surface area is 168 Å². The van der Waals surface area contributed by atoms with Gasteiger partial charge in [-0.3, -0.25) is 19.4 Å². The number of para-hydroxylation sites is 1. The first kappa shape index (κ1) is 18.9. The first-order valence-corrected chi connectivity index (χ1v) is 9.43. The van der Waals surface area contributed by atoms with E-state index in [2.05, 4.69) is 10.3 Å². The van der Waals surface area contributed by atoms with Crippen molar-refractivity contribution in [2.75, 3.05) is 19.5 Å². The number of methoxy groups -OCH3 is 1. The van der Waals surface area contributed by atoms with Crippen LogP contribution in [-0.4, -0.2) is 41.6 Å². The molecule has 4 rings (SSSR count). The average Bonchev–Trinajstić information content (AvgIpc) is 3.48. The third-order valence-electron chi connectivity index (χ3n) is 5.24. The summed E-state index contributed by atoms with van der Waals surface area (Å²) >= 11 is 0. The van der Waals surface area contributed by atoms with E-state index >= 15 is 0 Å². The van der Waals surface area contributed by atoms with Crippen molar-refractivity contribution in [3.05, 3.63) is 46.8 Å². The van der Waals surface area contributed by atoms with Gasteiger partial charge < -0.3 is 20.7 Å². The van der Waals surface area contributed by atoms with Gasteiger partial charge in [-0.2, -0.15) is 0 Å². The molecule has 2 aliphatic rings. The highest BCUT2D eigenvalue weighted by Crippen LogP contribution is 2.36. The van der Waals surface area contributed by atoms with Crippen molar-refractivity contribution in [3.8, 4) is 5.75 Å². The zero-order chi connectivity index (χ0) is 20.7. The van der Waals surface area contributed by atoms with Crippen molar-refractivity contribution in [1.29, 1.82) is 0 Å². The van der Waals surface area contributed by atoms with Gasteiger partial charge in [0.05, 0.1) is 47.5 Å². The van der Waals surface area contributed by atoms with Gasteiger partial charge in [0.2, 0.25) is 0 Å². The van der Waals surface area contributed by atoms with E-state index in [-0.39, 0.29) is 29.6 Å². The van der Waals surface area contributed by atoms with Crippen LogP contribution in [0, 0.1) is 5.92 Å². The molecule has 1 saturated carbocycles. The van der Waals surface area contributed by atoms with Crippen molar-refractivity contribution < 1.29 is 19.1 Å². The number of nitrogens with zero attached hydrogens (tertiary/aromatic N) is 2. The molecule has 3 N–H and O–H groups in total. The predicted molar refractivity (Wildman–Crippen MR) is 106 cm³/mol. The van der Waals surface area contributed by atoms with Crippen molar-refractivity contribution >= 4 is 29.0 Å². The van der Waals surface area contributed by atoms with Crippen molar-refractivity contribution in [3.63, 3.8) is 0 Å². The third kappa shape index (κ3) is 3.53. The number of benzene rings is 1. The number of carbonyl (C=O) groups is 3. The quantitative estimate of drug-likeness (QED) is 0.743. The van der Waals surface area contributed by atoms with Gasteiger partial charge in [-0.05, 0) is 31.0 Å². The number of pyridine rings is 1. The maximum Gasteiger partial charge on any atom is 0.257 e. The molecule has 0 saturated heterocycles. The number of hydrogen-bond donors (Lipinski definition) is 2. The molecule has 0 atom stereocenters. The number of aromatic nitrogens is 1. The zero-order valence-corrected chi connectivity index (χ0v) is 16.3.